The maximum Gasteiger partial charge on any atom is 0.234 e. The van der Waals surface area contributed by atoms with Crippen LogP contribution in [0.5, 0.6) is 11.5 Å². The predicted molar refractivity (Wildman–Crippen MR) is 127 cm³/mol. The molecule has 1 amide bonds. The van der Waals surface area contributed by atoms with E-state index in [9.17, 15) is 4.79 Å². The van der Waals surface area contributed by atoms with Gasteiger partial charge in [0.15, 0.2) is 22.5 Å². The highest BCUT2D eigenvalue weighted by atomic mass is 32.2. The Kier molecular flexibility index (Phi) is 6.69. The van der Waals surface area contributed by atoms with E-state index in [2.05, 4.69) is 34.6 Å². The number of nitrogens with one attached hydrogen (secondary N) is 1. The molecule has 0 saturated heterocycles. The third kappa shape index (κ3) is 4.75. The van der Waals surface area contributed by atoms with E-state index in [4.69, 9.17) is 9.47 Å². The van der Waals surface area contributed by atoms with E-state index in [1.807, 2.05) is 43.5 Å². The number of ether oxygens (including phenoxy) is 2. The van der Waals surface area contributed by atoms with Gasteiger partial charge in [-0.05, 0) is 57.0 Å². The van der Waals surface area contributed by atoms with E-state index in [1.165, 1.54) is 17.3 Å². The average molecular weight is 453 g/mol. The molecule has 7 nitrogen and oxygen atoms in total. The molecule has 0 atom stereocenters. The first kappa shape index (κ1) is 22.2. The Bertz CT molecular complexity index is 1120. The van der Waals surface area contributed by atoms with Crippen LogP contribution in [0.15, 0.2) is 35.5 Å². The van der Waals surface area contributed by atoms with Crippen LogP contribution in [-0.4, -0.2) is 39.6 Å². The minimum atomic E-state index is -0.0622. The van der Waals surface area contributed by atoms with Crippen LogP contribution in [0, 0.1) is 20.8 Å². The van der Waals surface area contributed by atoms with Gasteiger partial charge in [0.1, 0.15) is 0 Å². The van der Waals surface area contributed by atoms with Crippen LogP contribution in [0.1, 0.15) is 30.0 Å². The summed E-state index contributed by atoms with van der Waals surface area (Å²) in [5.41, 5.74) is 5.10. The molecule has 2 heterocycles. The molecule has 4 rings (SSSR count). The van der Waals surface area contributed by atoms with Crippen LogP contribution in [0.2, 0.25) is 0 Å². The first-order valence-electron chi connectivity index (χ1n) is 10.8. The number of thioether (sulfide) groups is 1. The second-order valence-electron chi connectivity index (χ2n) is 7.87. The maximum atomic E-state index is 12.6. The normalized spacial score (nSPS) is 13.0. The van der Waals surface area contributed by atoms with Gasteiger partial charge in [-0.1, -0.05) is 29.5 Å². The highest BCUT2D eigenvalue weighted by molar-refractivity contribution is 7.99. The van der Waals surface area contributed by atoms with Crippen LogP contribution in [0.4, 0.5) is 5.69 Å². The number of aryl methyl sites for hydroxylation is 3. The Balaban J connectivity index is 1.48. The quantitative estimate of drug-likeness (QED) is 0.542. The predicted octanol–water partition coefficient (Wildman–Crippen LogP) is 4.78. The van der Waals surface area contributed by atoms with Crippen molar-refractivity contribution in [2.45, 2.75) is 45.8 Å². The zero-order valence-corrected chi connectivity index (χ0v) is 19.7. The summed E-state index contributed by atoms with van der Waals surface area (Å²) in [6, 6.07) is 9.97. The molecule has 0 bridgehead atoms. The summed E-state index contributed by atoms with van der Waals surface area (Å²) in [7, 11) is 0. The zero-order valence-electron chi connectivity index (χ0n) is 18.9. The number of hydrogen-bond acceptors (Lipinski definition) is 6. The highest BCUT2D eigenvalue weighted by Gasteiger charge is 2.18. The monoisotopic (exact) mass is 452 g/mol. The van der Waals surface area contributed by atoms with Crippen LogP contribution >= 0.6 is 11.8 Å². The summed E-state index contributed by atoms with van der Waals surface area (Å²) in [5.74, 6) is 2.42. The first-order chi connectivity index (χ1) is 15.5. The second kappa shape index (κ2) is 9.65. The molecule has 2 aromatic carbocycles. The minimum absolute atomic E-state index is 0.0622. The summed E-state index contributed by atoms with van der Waals surface area (Å²) in [6.45, 7) is 10.1. The fraction of sp³-hybridized carbons (Fsp3) is 0.375. The molecule has 0 aliphatic carbocycles. The number of nitrogens with zero attached hydrogens (tertiary/aromatic N) is 3. The molecular weight excluding hydrogens is 424 g/mol. The van der Waals surface area contributed by atoms with E-state index in [1.54, 1.807) is 0 Å². The smallest absolute Gasteiger partial charge is 0.234 e. The molecule has 0 unspecified atom stereocenters. The molecular formula is C24H28N4O3S. The maximum absolute atomic E-state index is 12.6. The van der Waals surface area contributed by atoms with E-state index < -0.39 is 0 Å². The van der Waals surface area contributed by atoms with Crippen molar-refractivity contribution in [3.05, 3.63) is 47.0 Å². The van der Waals surface area contributed by atoms with Gasteiger partial charge in [-0.2, -0.15) is 0 Å². The average Bonchev–Trinajstić information content (AvgIpc) is 3.03. The fourth-order valence-electron chi connectivity index (χ4n) is 3.88. The SMILES string of the molecule is CCn1c(SCC(=O)Nc2c(C)cc(C)cc2C)nnc1-c1ccc2c(c1)OCCCO2. The van der Waals surface area contributed by atoms with Crippen molar-refractivity contribution in [1.29, 1.82) is 0 Å². The summed E-state index contributed by atoms with van der Waals surface area (Å²) < 4.78 is 13.5. The van der Waals surface area contributed by atoms with Crippen molar-refractivity contribution >= 4 is 23.4 Å². The van der Waals surface area contributed by atoms with Crippen LogP contribution in [0.25, 0.3) is 11.4 Å². The number of aromatic nitrogens is 3. The number of carbonyl (C=O) groups is 1. The lowest BCUT2D eigenvalue weighted by Crippen LogP contribution is -2.16. The van der Waals surface area contributed by atoms with Crippen molar-refractivity contribution < 1.29 is 14.3 Å². The number of amides is 1. The second-order valence-corrected chi connectivity index (χ2v) is 8.82. The Labute approximate surface area is 192 Å². The van der Waals surface area contributed by atoms with Crippen LogP contribution < -0.4 is 14.8 Å². The number of fused-ring (bicyclic) bond motifs is 1. The minimum Gasteiger partial charge on any atom is -0.490 e. The Morgan fingerprint density at radius 1 is 1.06 bits per heavy atom. The van der Waals surface area contributed by atoms with Gasteiger partial charge in [-0.3, -0.25) is 4.79 Å². The standard InChI is InChI=1S/C24H28N4O3S/c1-5-28-23(18-7-8-19-20(13-18)31-10-6-9-30-19)26-27-24(28)32-14-21(29)25-22-16(3)11-15(2)12-17(22)4/h7-8,11-13H,5-6,9-10,14H2,1-4H3,(H,25,29). The fourth-order valence-corrected chi connectivity index (χ4v) is 4.68. The molecule has 0 saturated carbocycles. The third-order valence-electron chi connectivity index (χ3n) is 5.31. The lowest BCUT2D eigenvalue weighted by atomic mass is 10.1. The molecule has 3 aromatic rings. The summed E-state index contributed by atoms with van der Waals surface area (Å²) in [4.78, 5) is 12.6. The van der Waals surface area contributed by atoms with Gasteiger partial charge in [-0.15, -0.1) is 10.2 Å². The van der Waals surface area contributed by atoms with Crippen molar-refractivity contribution in [2.75, 3.05) is 24.3 Å². The molecule has 168 valence electrons. The van der Waals surface area contributed by atoms with Crippen LogP contribution in [-0.2, 0) is 11.3 Å². The third-order valence-corrected chi connectivity index (χ3v) is 6.28. The van der Waals surface area contributed by atoms with Gasteiger partial charge in [0.25, 0.3) is 0 Å². The lowest BCUT2D eigenvalue weighted by molar-refractivity contribution is -0.113. The number of carbonyl (C=O) groups excluding carboxylic acids is 1. The number of anilines is 1. The van der Waals surface area contributed by atoms with Crippen molar-refractivity contribution in [3.8, 4) is 22.9 Å². The number of benzene rings is 2. The van der Waals surface area contributed by atoms with E-state index in [-0.39, 0.29) is 11.7 Å². The Morgan fingerprint density at radius 3 is 2.50 bits per heavy atom. The van der Waals surface area contributed by atoms with Gasteiger partial charge in [0.05, 0.1) is 19.0 Å². The van der Waals surface area contributed by atoms with Crippen molar-refractivity contribution in [1.82, 2.24) is 14.8 Å². The molecule has 1 aliphatic heterocycles. The number of rotatable bonds is 6. The first-order valence-corrected chi connectivity index (χ1v) is 11.8. The molecule has 1 aromatic heterocycles. The number of hydrogen-bond donors (Lipinski definition) is 1. The molecule has 8 heteroatoms. The van der Waals surface area contributed by atoms with Crippen LogP contribution in [0.3, 0.4) is 0 Å². The van der Waals surface area contributed by atoms with Crippen molar-refractivity contribution in [3.63, 3.8) is 0 Å². The summed E-state index contributed by atoms with van der Waals surface area (Å²) in [6.07, 6.45) is 0.861. The molecule has 32 heavy (non-hydrogen) atoms. The highest BCUT2D eigenvalue weighted by Crippen LogP contribution is 2.34. The van der Waals surface area contributed by atoms with Gasteiger partial charge in [-0.25, -0.2) is 0 Å². The Hall–Kier alpha value is -3.00. The van der Waals surface area contributed by atoms with E-state index >= 15 is 0 Å². The van der Waals surface area contributed by atoms with Gasteiger partial charge >= 0.3 is 0 Å². The molecule has 0 spiro atoms. The zero-order chi connectivity index (χ0) is 22.7. The topological polar surface area (TPSA) is 78.3 Å². The van der Waals surface area contributed by atoms with Gasteiger partial charge in [0, 0.05) is 24.2 Å². The summed E-state index contributed by atoms with van der Waals surface area (Å²) >= 11 is 1.38. The lowest BCUT2D eigenvalue weighted by Gasteiger charge is -2.13. The van der Waals surface area contributed by atoms with Crippen molar-refractivity contribution in [2.24, 2.45) is 0 Å². The van der Waals surface area contributed by atoms with Gasteiger partial charge < -0.3 is 19.4 Å². The molecule has 1 aliphatic rings. The van der Waals surface area contributed by atoms with Gasteiger partial charge in [0.2, 0.25) is 5.91 Å². The molecule has 0 fully saturated rings. The Morgan fingerprint density at radius 2 is 1.78 bits per heavy atom. The molecule has 0 radical (unpaired) electrons. The summed E-state index contributed by atoms with van der Waals surface area (Å²) in [5, 5.41) is 12.5. The molecule has 1 N–H and O–H groups in total. The van der Waals surface area contributed by atoms with E-state index in [0.29, 0.717) is 24.9 Å². The van der Waals surface area contributed by atoms with E-state index in [0.717, 1.165) is 46.1 Å². The largest absolute Gasteiger partial charge is 0.490 e.